The molecule has 20 heavy (non-hydrogen) atoms. The summed E-state index contributed by atoms with van der Waals surface area (Å²) in [6.45, 7) is 0. The van der Waals surface area contributed by atoms with Gasteiger partial charge in [-0.25, -0.2) is 0 Å². The Kier molecular flexibility index (Phi) is 4.27. The maximum absolute atomic E-state index is 12.6. The van der Waals surface area contributed by atoms with E-state index in [0.29, 0.717) is 0 Å². The van der Waals surface area contributed by atoms with Crippen LogP contribution in [0.4, 0.5) is 13.2 Å². The van der Waals surface area contributed by atoms with Gasteiger partial charge in [-0.05, 0) is 0 Å². The van der Waals surface area contributed by atoms with Gasteiger partial charge in [0, 0.05) is 0 Å². The topological polar surface area (TPSA) is 51.2 Å². The summed E-state index contributed by atoms with van der Waals surface area (Å²) < 4.78 is 61.7. The molecular weight excluding hydrogens is 360 g/mol. The third kappa shape index (κ3) is 2.92. The van der Waals surface area contributed by atoms with Gasteiger partial charge in [0.2, 0.25) is 0 Å². The second-order valence-electron chi connectivity index (χ2n) is 4.39. The Balaban J connectivity index is 2.28. The first-order chi connectivity index (χ1) is 9.23. The van der Waals surface area contributed by atoms with Crippen molar-refractivity contribution in [1.82, 2.24) is 0 Å². The van der Waals surface area contributed by atoms with Crippen LogP contribution in [-0.4, -0.2) is 39.9 Å². The summed E-state index contributed by atoms with van der Waals surface area (Å²) in [5.41, 5.74) is -5.30. The molecule has 0 saturated heterocycles. The molecule has 0 aliphatic heterocycles. The van der Waals surface area contributed by atoms with Gasteiger partial charge in [-0.3, -0.25) is 0 Å². The standard InChI is InChI=1S/C12H11F3O3SSe/c13-12(14,15)19(17,18)10-7-6-9(16)11(10)20-8-4-2-1-3-5-8/h1-5,10-11H,6-7H2. The Morgan fingerprint density at radius 2 is 1.75 bits per heavy atom. The molecule has 1 aromatic rings. The molecule has 2 unspecified atom stereocenters. The van der Waals surface area contributed by atoms with Crippen molar-refractivity contribution in [2.45, 2.75) is 28.4 Å². The summed E-state index contributed by atoms with van der Waals surface area (Å²) in [5, 5.41) is -1.63. The number of benzene rings is 1. The first-order valence-corrected chi connectivity index (χ1v) is 9.17. The predicted molar refractivity (Wildman–Crippen MR) is 68.6 cm³/mol. The van der Waals surface area contributed by atoms with E-state index in [1.807, 2.05) is 0 Å². The van der Waals surface area contributed by atoms with Crippen LogP contribution < -0.4 is 4.46 Å². The Morgan fingerprint density at radius 3 is 2.30 bits per heavy atom. The molecule has 110 valence electrons. The van der Waals surface area contributed by atoms with E-state index in [1.165, 1.54) is 0 Å². The maximum atomic E-state index is 12.6. The van der Waals surface area contributed by atoms with E-state index < -0.39 is 40.4 Å². The summed E-state index contributed by atoms with van der Waals surface area (Å²) in [5.74, 6) is -0.383. The van der Waals surface area contributed by atoms with Gasteiger partial charge < -0.3 is 0 Å². The predicted octanol–water partition coefficient (Wildman–Crippen LogP) is 1.47. The molecule has 1 aromatic carbocycles. The zero-order chi connectivity index (χ0) is 15.0. The second kappa shape index (κ2) is 5.50. The van der Waals surface area contributed by atoms with Crippen molar-refractivity contribution in [1.29, 1.82) is 0 Å². The molecule has 1 saturated carbocycles. The van der Waals surface area contributed by atoms with E-state index in [1.54, 1.807) is 30.3 Å². The van der Waals surface area contributed by atoms with Crippen molar-refractivity contribution in [2.24, 2.45) is 0 Å². The molecule has 0 bridgehead atoms. The molecule has 0 amide bonds. The van der Waals surface area contributed by atoms with Crippen LogP contribution in [0, 0.1) is 0 Å². The second-order valence-corrected chi connectivity index (χ2v) is 9.09. The van der Waals surface area contributed by atoms with Crippen molar-refractivity contribution in [3.8, 4) is 0 Å². The van der Waals surface area contributed by atoms with Gasteiger partial charge in [0.05, 0.1) is 0 Å². The number of carbonyl (C=O) groups is 1. The first-order valence-electron chi connectivity index (χ1n) is 5.78. The Labute approximate surface area is 120 Å². The zero-order valence-electron chi connectivity index (χ0n) is 10.1. The van der Waals surface area contributed by atoms with E-state index in [4.69, 9.17) is 0 Å². The zero-order valence-corrected chi connectivity index (χ0v) is 12.7. The fraction of sp³-hybridized carbons (Fsp3) is 0.417. The van der Waals surface area contributed by atoms with Crippen LogP contribution in [0.5, 0.6) is 0 Å². The summed E-state index contributed by atoms with van der Waals surface area (Å²) in [4.78, 5) is 10.7. The first kappa shape index (κ1) is 15.5. The number of hydrogen-bond acceptors (Lipinski definition) is 3. The summed E-state index contributed by atoms with van der Waals surface area (Å²) in [6.07, 6.45) is -0.334. The van der Waals surface area contributed by atoms with Gasteiger partial charge >= 0.3 is 120 Å². The fourth-order valence-electron chi connectivity index (χ4n) is 2.06. The van der Waals surface area contributed by atoms with Crippen molar-refractivity contribution < 1.29 is 26.4 Å². The number of sulfone groups is 1. The molecule has 2 rings (SSSR count). The number of ketones is 1. The number of alkyl halides is 3. The van der Waals surface area contributed by atoms with Crippen molar-refractivity contribution in [3.63, 3.8) is 0 Å². The molecule has 0 heterocycles. The normalized spacial score (nSPS) is 24.1. The Hall–Kier alpha value is -0.851. The SMILES string of the molecule is O=C1CCC(S(=O)(=O)C(F)(F)F)C1[Se]c1ccccc1. The van der Waals surface area contributed by atoms with Crippen molar-refractivity contribution >= 4 is 35.0 Å². The molecule has 1 aliphatic carbocycles. The minimum absolute atomic E-state index is 0.0980. The Bertz CT molecular complexity index is 598. The number of rotatable bonds is 3. The monoisotopic (exact) mass is 372 g/mol. The molecule has 0 aromatic heterocycles. The Morgan fingerprint density at radius 1 is 1.15 bits per heavy atom. The molecular formula is C12H11F3O3SSe. The number of halogens is 3. The van der Waals surface area contributed by atoms with Gasteiger partial charge in [0.25, 0.3) is 0 Å². The molecule has 0 N–H and O–H groups in total. The van der Waals surface area contributed by atoms with Crippen LogP contribution in [0.1, 0.15) is 12.8 Å². The molecule has 2 atom stereocenters. The van der Waals surface area contributed by atoms with Crippen LogP contribution in [0.2, 0.25) is 4.82 Å². The summed E-state index contributed by atoms with van der Waals surface area (Å²) in [7, 11) is -5.28. The molecule has 1 aliphatic rings. The van der Waals surface area contributed by atoms with Crippen LogP contribution >= 0.6 is 0 Å². The van der Waals surface area contributed by atoms with Crippen LogP contribution in [0.25, 0.3) is 0 Å². The van der Waals surface area contributed by atoms with E-state index in [-0.39, 0.29) is 18.6 Å². The van der Waals surface area contributed by atoms with Gasteiger partial charge in [-0.1, -0.05) is 0 Å². The van der Waals surface area contributed by atoms with Gasteiger partial charge in [-0.2, -0.15) is 0 Å². The van der Waals surface area contributed by atoms with Crippen molar-refractivity contribution in [3.05, 3.63) is 30.3 Å². The van der Waals surface area contributed by atoms with E-state index in [0.717, 1.165) is 4.46 Å². The number of hydrogen-bond donors (Lipinski definition) is 0. The summed E-state index contributed by atoms with van der Waals surface area (Å²) in [6, 6.07) is 8.57. The molecule has 0 radical (unpaired) electrons. The van der Waals surface area contributed by atoms with E-state index in [9.17, 15) is 26.4 Å². The average Bonchev–Trinajstić information content (AvgIpc) is 2.71. The van der Waals surface area contributed by atoms with Gasteiger partial charge in [0.1, 0.15) is 0 Å². The van der Waals surface area contributed by atoms with E-state index >= 15 is 0 Å². The quantitative estimate of drug-likeness (QED) is 0.757. The molecule has 8 heteroatoms. The third-order valence-electron chi connectivity index (χ3n) is 3.06. The van der Waals surface area contributed by atoms with Gasteiger partial charge in [-0.15, -0.1) is 0 Å². The minimum atomic E-state index is -5.30. The van der Waals surface area contributed by atoms with Gasteiger partial charge in [0.15, 0.2) is 0 Å². The number of carbonyl (C=O) groups excluding carboxylic acids is 1. The summed E-state index contributed by atoms with van der Waals surface area (Å²) >= 11 is -0.613. The average molecular weight is 371 g/mol. The van der Waals surface area contributed by atoms with Crippen molar-refractivity contribution in [2.75, 3.05) is 0 Å². The molecule has 1 fully saturated rings. The van der Waals surface area contributed by atoms with E-state index in [2.05, 4.69) is 0 Å². The number of Topliss-reactive ketones (excluding diaryl/α,β-unsaturated/α-hetero) is 1. The molecule has 0 spiro atoms. The fourth-order valence-corrected chi connectivity index (χ4v) is 6.92. The van der Waals surface area contributed by atoms with Crippen LogP contribution in [0.15, 0.2) is 30.3 Å². The molecule has 3 nitrogen and oxygen atoms in total. The van der Waals surface area contributed by atoms with Crippen LogP contribution in [-0.2, 0) is 14.6 Å². The third-order valence-corrected chi connectivity index (χ3v) is 8.31. The van der Waals surface area contributed by atoms with Crippen LogP contribution in [0.3, 0.4) is 0 Å².